The highest BCUT2D eigenvalue weighted by molar-refractivity contribution is 6.35. The van der Waals surface area contributed by atoms with Crippen LogP contribution in [0.4, 0.5) is 4.79 Å². The summed E-state index contributed by atoms with van der Waals surface area (Å²) < 4.78 is 6.64. The third-order valence-corrected chi connectivity index (χ3v) is 2.93. The Balaban J connectivity index is 2.24. The van der Waals surface area contributed by atoms with Crippen LogP contribution in [-0.4, -0.2) is 17.3 Å². The van der Waals surface area contributed by atoms with E-state index < -0.39 is 0 Å². The topological polar surface area (TPSA) is 31.2 Å². The minimum atomic E-state index is -0.351. The van der Waals surface area contributed by atoms with Gasteiger partial charge in [-0.15, -0.1) is 0 Å². The lowest BCUT2D eigenvalue weighted by atomic mass is 10.2. The number of aromatic nitrogens is 1. The van der Waals surface area contributed by atoms with Crippen molar-refractivity contribution in [3.05, 3.63) is 35.5 Å². The lowest BCUT2D eigenvalue weighted by molar-refractivity contribution is 0.147. The molecule has 17 heavy (non-hydrogen) atoms. The van der Waals surface area contributed by atoms with Gasteiger partial charge in [-0.3, -0.25) is 4.57 Å². The molecule has 0 bridgehead atoms. The average Bonchev–Trinajstić information content (AvgIpc) is 2.74. The number of ether oxygens (including phenoxy) is 1. The van der Waals surface area contributed by atoms with Gasteiger partial charge in [-0.2, -0.15) is 0 Å². The highest BCUT2D eigenvalue weighted by atomic mass is 35.5. The van der Waals surface area contributed by atoms with Crippen LogP contribution in [0.3, 0.4) is 0 Å². The second-order valence-electron chi connectivity index (χ2n) is 3.83. The Bertz CT molecular complexity index is 533. The maximum Gasteiger partial charge on any atom is 0.418 e. The number of benzene rings is 1. The molecular formula is C13H14ClNO2. The number of carbonyl (C=O) groups is 1. The van der Waals surface area contributed by atoms with Crippen LogP contribution in [0.1, 0.15) is 19.8 Å². The normalized spacial score (nSPS) is 10.7. The summed E-state index contributed by atoms with van der Waals surface area (Å²) in [4.78, 5) is 11.8. The first-order valence-electron chi connectivity index (χ1n) is 5.66. The number of fused-ring (bicyclic) bond motifs is 1. The average molecular weight is 252 g/mol. The molecule has 0 spiro atoms. The summed E-state index contributed by atoms with van der Waals surface area (Å²) in [6, 6.07) is 7.29. The molecule has 0 unspecified atom stereocenters. The predicted molar refractivity (Wildman–Crippen MR) is 68.6 cm³/mol. The fraction of sp³-hybridized carbons (Fsp3) is 0.308. The Morgan fingerprint density at radius 1 is 1.41 bits per heavy atom. The van der Waals surface area contributed by atoms with Gasteiger partial charge in [0.1, 0.15) is 0 Å². The number of carbonyl (C=O) groups excluding carboxylic acids is 1. The largest absolute Gasteiger partial charge is 0.449 e. The molecule has 1 aromatic carbocycles. The summed E-state index contributed by atoms with van der Waals surface area (Å²) in [7, 11) is 0. The molecule has 0 N–H and O–H groups in total. The molecule has 0 radical (unpaired) electrons. The second-order valence-corrected chi connectivity index (χ2v) is 4.23. The van der Waals surface area contributed by atoms with E-state index >= 15 is 0 Å². The minimum Gasteiger partial charge on any atom is -0.449 e. The van der Waals surface area contributed by atoms with Crippen molar-refractivity contribution < 1.29 is 9.53 Å². The van der Waals surface area contributed by atoms with Gasteiger partial charge < -0.3 is 4.74 Å². The summed E-state index contributed by atoms with van der Waals surface area (Å²) in [5.74, 6) is 0. The van der Waals surface area contributed by atoms with E-state index in [2.05, 4.69) is 6.92 Å². The van der Waals surface area contributed by atoms with Crippen molar-refractivity contribution in [1.29, 1.82) is 0 Å². The standard InChI is InChI=1S/C13H14ClNO2/c1-2-3-9-17-13(16)15-8-7-10-11(14)5-4-6-12(10)15/h4-8H,2-3,9H2,1H3. The van der Waals surface area contributed by atoms with Gasteiger partial charge in [0.05, 0.1) is 12.1 Å². The van der Waals surface area contributed by atoms with E-state index in [0.717, 1.165) is 23.7 Å². The van der Waals surface area contributed by atoms with Crippen molar-refractivity contribution in [3.63, 3.8) is 0 Å². The second kappa shape index (κ2) is 5.23. The number of halogens is 1. The van der Waals surface area contributed by atoms with Gasteiger partial charge in [0.25, 0.3) is 0 Å². The molecule has 0 amide bonds. The Morgan fingerprint density at radius 2 is 2.24 bits per heavy atom. The molecule has 0 fully saturated rings. The first-order valence-corrected chi connectivity index (χ1v) is 6.04. The molecule has 4 heteroatoms. The summed E-state index contributed by atoms with van der Waals surface area (Å²) >= 11 is 6.04. The molecule has 0 atom stereocenters. The fourth-order valence-electron chi connectivity index (χ4n) is 1.66. The molecular weight excluding hydrogens is 238 g/mol. The van der Waals surface area contributed by atoms with E-state index in [1.807, 2.05) is 18.2 Å². The summed E-state index contributed by atoms with van der Waals surface area (Å²) in [6.07, 6.45) is 3.22. The van der Waals surface area contributed by atoms with E-state index in [1.165, 1.54) is 4.57 Å². The van der Waals surface area contributed by atoms with Gasteiger partial charge in [-0.25, -0.2) is 4.79 Å². The summed E-state index contributed by atoms with van der Waals surface area (Å²) in [5.41, 5.74) is 0.777. The lowest BCUT2D eigenvalue weighted by Crippen LogP contribution is -2.13. The first kappa shape index (κ1) is 12.0. The summed E-state index contributed by atoms with van der Waals surface area (Å²) in [5, 5.41) is 1.50. The van der Waals surface area contributed by atoms with Gasteiger partial charge >= 0.3 is 6.09 Å². The van der Waals surface area contributed by atoms with Gasteiger partial charge in [0, 0.05) is 16.6 Å². The molecule has 2 aromatic rings. The van der Waals surface area contributed by atoms with Gasteiger partial charge in [0.2, 0.25) is 0 Å². The number of hydrogen-bond acceptors (Lipinski definition) is 2. The fourth-order valence-corrected chi connectivity index (χ4v) is 1.90. The maximum absolute atomic E-state index is 11.8. The Kier molecular flexibility index (Phi) is 3.69. The number of rotatable bonds is 3. The molecule has 3 nitrogen and oxygen atoms in total. The quantitative estimate of drug-likeness (QED) is 0.770. The highest BCUT2D eigenvalue weighted by Crippen LogP contribution is 2.24. The van der Waals surface area contributed by atoms with Crippen LogP contribution in [0.15, 0.2) is 30.5 Å². The molecule has 0 aliphatic carbocycles. The van der Waals surface area contributed by atoms with Crippen molar-refractivity contribution in [2.24, 2.45) is 0 Å². The molecule has 0 saturated carbocycles. The third-order valence-electron chi connectivity index (χ3n) is 2.60. The number of hydrogen-bond donors (Lipinski definition) is 0. The number of unbranched alkanes of at least 4 members (excludes halogenated alkanes) is 1. The van der Waals surface area contributed by atoms with Crippen LogP contribution < -0.4 is 0 Å². The molecule has 1 aromatic heterocycles. The predicted octanol–water partition coefficient (Wildman–Crippen LogP) is 4.08. The SMILES string of the molecule is CCCCOC(=O)n1ccc2c(Cl)cccc21. The molecule has 1 heterocycles. The van der Waals surface area contributed by atoms with Gasteiger partial charge in [0.15, 0.2) is 0 Å². The molecule has 0 aliphatic rings. The van der Waals surface area contributed by atoms with Crippen molar-refractivity contribution in [2.75, 3.05) is 6.61 Å². The molecule has 2 rings (SSSR count). The first-order chi connectivity index (χ1) is 8.24. The van der Waals surface area contributed by atoms with Crippen LogP contribution in [0.5, 0.6) is 0 Å². The third kappa shape index (κ3) is 2.44. The molecule has 0 saturated heterocycles. The van der Waals surface area contributed by atoms with E-state index in [9.17, 15) is 4.79 Å². The van der Waals surface area contributed by atoms with Crippen LogP contribution in [0.25, 0.3) is 10.9 Å². The van der Waals surface area contributed by atoms with Crippen LogP contribution >= 0.6 is 11.6 Å². The monoisotopic (exact) mass is 251 g/mol. The zero-order chi connectivity index (χ0) is 12.3. The number of nitrogens with zero attached hydrogens (tertiary/aromatic N) is 1. The van der Waals surface area contributed by atoms with E-state index in [1.54, 1.807) is 12.3 Å². The van der Waals surface area contributed by atoms with Crippen LogP contribution in [0, 0.1) is 0 Å². The Labute approximate surface area is 105 Å². The van der Waals surface area contributed by atoms with Crippen LogP contribution in [0.2, 0.25) is 5.02 Å². The lowest BCUT2D eigenvalue weighted by Gasteiger charge is -2.05. The molecule has 90 valence electrons. The zero-order valence-corrected chi connectivity index (χ0v) is 10.4. The van der Waals surface area contributed by atoms with E-state index in [0.29, 0.717) is 11.6 Å². The smallest absolute Gasteiger partial charge is 0.418 e. The van der Waals surface area contributed by atoms with Gasteiger partial charge in [-0.1, -0.05) is 31.0 Å². The minimum absolute atomic E-state index is 0.351. The zero-order valence-electron chi connectivity index (χ0n) is 9.65. The van der Waals surface area contributed by atoms with Crippen molar-refractivity contribution in [1.82, 2.24) is 4.57 Å². The van der Waals surface area contributed by atoms with Crippen molar-refractivity contribution in [2.45, 2.75) is 19.8 Å². The van der Waals surface area contributed by atoms with E-state index in [-0.39, 0.29) is 6.09 Å². The Morgan fingerprint density at radius 3 is 3.00 bits per heavy atom. The maximum atomic E-state index is 11.8. The van der Waals surface area contributed by atoms with Gasteiger partial charge in [-0.05, 0) is 24.6 Å². The van der Waals surface area contributed by atoms with Crippen molar-refractivity contribution >= 4 is 28.6 Å². The Hall–Kier alpha value is -1.48. The summed E-state index contributed by atoms with van der Waals surface area (Å²) in [6.45, 7) is 2.51. The van der Waals surface area contributed by atoms with E-state index in [4.69, 9.17) is 16.3 Å². The van der Waals surface area contributed by atoms with Crippen molar-refractivity contribution in [3.8, 4) is 0 Å². The molecule has 0 aliphatic heterocycles. The highest BCUT2D eigenvalue weighted by Gasteiger charge is 2.10. The van der Waals surface area contributed by atoms with Crippen LogP contribution in [-0.2, 0) is 4.74 Å².